The van der Waals surface area contributed by atoms with E-state index in [0.717, 1.165) is 6.29 Å². The summed E-state index contributed by atoms with van der Waals surface area (Å²) in [7, 11) is 0. The summed E-state index contributed by atoms with van der Waals surface area (Å²) < 4.78 is 0. The lowest BCUT2D eigenvalue weighted by atomic mass is 9.92. The molecule has 0 aliphatic carbocycles. The number of hydrogen-bond acceptors (Lipinski definition) is 3. The Balaban J connectivity index is 4.37. The van der Waals surface area contributed by atoms with Crippen molar-refractivity contribution in [2.24, 2.45) is 11.8 Å². The van der Waals surface area contributed by atoms with Crippen molar-refractivity contribution in [3.05, 3.63) is 23.8 Å². The van der Waals surface area contributed by atoms with E-state index in [1.165, 1.54) is 0 Å². The zero-order valence-corrected chi connectivity index (χ0v) is 11.9. The maximum atomic E-state index is 10.4. The van der Waals surface area contributed by atoms with Gasteiger partial charge in [0.2, 0.25) is 0 Å². The summed E-state index contributed by atoms with van der Waals surface area (Å²) >= 11 is 0. The van der Waals surface area contributed by atoms with Crippen molar-refractivity contribution in [3.63, 3.8) is 0 Å². The van der Waals surface area contributed by atoms with E-state index in [0.29, 0.717) is 24.3 Å². The molecule has 104 valence electrons. The molecule has 0 radical (unpaired) electrons. The van der Waals surface area contributed by atoms with Crippen LogP contribution in [0.4, 0.5) is 0 Å². The highest BCUT2D eigenvalue weighted by Crippen LogP contribution is 2.18. The smallest absolute Gasteiger partial charge is 0.145 e. The second kappa shape index (κ2) is 8.22. The Labute approximate surface area is 110 Å². The van der Waals surface area contributed by atoms with E-state index in [4.69, 9.17) is 0 Å². The second-order valence-corrected chi connectivity index (χ2v) is 5.41. The van der Waals surface area contributed by atoms with Gasteiger partial charge in [-0.2, -0.15) is 0 Å². The first-order valence-electron chi connectivity index (χ1n) is 6.47. The third-order valence-electron chi connectivity index (χ3n) is 3.07. The summed E-state index contributed by atoms with van der Waals surface area (Å²) in [5.41, 5.74) is -0.215. The summed E-state index contributed by atoms with van der Waals surface area (Å²) in [6.45, 7) is 7.65. The van der Waals surface area contributed by atoms with E-state index < -0.39 is 5.60 Å². The number of aliphatic hydroxyl groups excluding tert-OH is 1. The molecule has 0 aliphatic heterocycles. The minimum absolute atomic E-state index is 0.0729. The van der Waals surface area contributed by atoms with Gasteiger partial charge in [-0.05, 0) is 38.2 Å². The quantitative estimate of drug-likeness (QED) is 0.397. The van der Waals surface area contributed by atoms with Gasteiger partial charge in [0.1, 0.15) is 6.29 Å². The predicted molar refractivity (Wildman–Crippen MR) is 74.2 cm³/mol. The van der Waals surface area contributed by atoms with Crippen molar-refractivity contribution in [1.29, 1.82) is 0 Å². The standard InChI is InChI=1S/C15H26O3/c1-12(2)14(11-17)7-9-15(4,18)8-5-6-13(3)10-16/h6-7,9-10,12,14,17-18H,5,8,11H2,1-4H3/b9-7+,13-6+. The topological polar surface area (TPSA) is 57.5 Å². The highest BCUT2D eigenvalue weighted by Gasteiger charge is 2.17. The van der Waals surface area contributed by atoms with Gasteiger partial charge in [0.25, 0.3) is 0 Å². The predicted octanol–water partition coefficient (Wildman–Crippen LogP) is 2.48. The Hall–Kier alpha value is -0.930. The van der Waals surface area contributed by atoms with Crippen LogP contribution in [0.25, 0.3) is 0 Å². The average Bonchev–Trinajstić information content (AvgIpc) is 2.28. The number of aliphatic hydroxyl groups is 2. The molecule has 18 heavy (non-hydrogen) atoms. The van der Waals surface area contributed by atoms with Gasteiger partial charge in [-0.1, -0.05) is 32.1 Å². The minimum atomic E-state index is -0.901. The van der Waals surface area contributed by atoms with Gasteiger partial charge in [0.05, 0.1) is 5.60 Å². The molecule has 0 saturated heterocycles. The van der Waals surface area contributed by atoms with Crippen LogP contribution in [0.1, 0.15) is 40.5 Å². The van der Waals surface area contributed by atoms with Gasteiger partial charge >= 0.3 is 0 Å². The zero-order chi connectivity index (χ0) is 14.2. The number of allylic oxidation sites excluding steroid dienone is 2. The van der Waals surface area contributed by atoms with E-state index in [1.54, 1.807) is 19.9 Å². The van der Waals surface area contributed by atoms with Crippen molar-refractivity contribution < 1.29 is 15.0 Å². The van der Waals surface area contributed by atoms with Gasteiger partial charge in [-0.3, -0.25) is 4.79 Å². The average molecular weight is 254 g/mol. The second-order valence-electron chi connectivity index (χ2n) is 5.41. The summed E-state index contributed by atoms with van der Waals surface area (Å²) in [6, 6.07) is 0. The third-order valence-corrected chi connectivity index (χ3v) is 3.07. The van der Waals surface area contributed by atoms with E-state index in [2.05, 4.69) is 0 Å². The molecule has 2 atom stereocenters. The highest BCUT2D eigenvalue weighted by molar-refractivity contribution is 5.71. The summed E-state index contributed by atoms with van der Waals surface area (Å²) in [5.74, 6) is 0.419. The molecule has 3 heteroatoms. The van der Waals surface area contributed by atoms with Crippen molar-refractivity contribution in [2.45, 2.75) is 46.1 Å². The third kappa shape index (κ3) is 7.41. The zero-order valence-electron chi connectivity index (χ0n) is 11.9. The molecule has 3 nitrogen and oxygen atoms in total. The highest BCUT2D eigenvalue weighted by atomic mass is 16.3. The molecule has 0 heterocycles. The van der Waals surface area contributed by atoms with Crippen LogP contribution in [0.2, 0.25) is 0 Å². The molecule has 0 aliphatic rings. The van der Waals surface area contributed by atoms with E-state index in [1.807, 2.05) is 26.0 Å². The number of aldehydes is 1. The summed E-state index contributed by atoms with van der Waals surface area (Å²) in [6.07, 6.45) is 7.48. The molecule has 0 aromatic rings. The van der Waals surface area contributed by atoms with Gasteiger partial charge in [-0.15, -0.1) is 0 Å². The van der Waals surface area contributed by atoms with Crippen LogP contribution in [-0.4, -0.2) is 28.7 Å². The number of rotatable bonds is 8. The molecule has 2 N–H and O–H groups in total. The van der Waals surface area contributed by atoms with Crippen molar-refractivity contribution in [1.82, 2.24) is 0 Å². The maximum absolute atomic E-state index is 10.4. The van der Waals surface area contributed by atoms with Crippen LogP contribution >= 0.6 is 0 Å². The normalized spacial score (nSPS) is 18.1. The number of carbonyl (C=O) groups excluding carboxylic acids is 1. The monoisotopic (exact) mass is 254 g/mol. The van der Waals surface area contributed by atoms with Gasteiger partial charge in [-0.25, -0.2) is 0 Å². The first kappa shape index (κ1) is 17.1. The fraction of sp³-hybridized carbons (Fsp3) is 0.667. The first-order valence-corrected chi connectivity index (χ1v) is 6.47. The van der Waals surface area contributed by atoms with Crippen LogP contribution in [0.5, 0.6) is 0 Å². The molecule has 2 unspecified atom stereocenters. The molecule has 0 rings (SSSR count). The Bertz CT molecular complexity index is 301. The molecule has 0 amide bonds. The largest absolute Gasteiger partial charge is 0.396 e. The molecule has 0 spiro atoms. The van der Waals surface area contributed by atoms with Crippen LogP contribution in [0.15, 0.2) is 23.8 Å². The molecule has 0 bridgehead atoms. The van der Waals surface area contributed by atoms with Gasteiger partial charge < -0.3 is 10.2 Å². The molecular weight excluding hydrogens is 228 g/mol. The van der Waals surface area contributed by atoms with Gasteiger partial charge in [0, 0.05) is 12.5 Å². The molecular formula is C15H26O3. The first-order chi connectivity index (χ1) is 8.32. The van der Waals surface area contributed by atoms with Crippen molar-refractivity contribution >= 4 is 6.29 Å². The fourth-order valence-corrected chi connectivity index (χ4v) is 1.55. The summed E-state index contributed by atoms with van der Waals surface area (Å²) in [5, 5.41) is 19.3. The Morgan fingerprint density at radius 1 is 1.39 bits per heavy atom. The molecule has 0 aromatic heterocycles. The fourth-order valence-electron chi connectivity index (χ4n) is 1.55. The minimum Gasteiger partial charge on any atom is -0.396 e. The number of carbonyl (C=O) groups is 1. The van der Waals surface area contributed by atoms with Crippen LogP contribution in [-0.2, 0) is 4.79 Å². The van der Waals surface area contributed by atoms with E-state index in [-0.39, 0.29) is 12.5 Å². The molecule has 0 aromatic carbocycles. The van der Waals surface area contributed by atoms with Gasteiger partial charge in [0.15, 0.2) is 0 Å². The SMILES string of the molecule is C/C(C=O)=C\CCC(C)(O)/C=C/C(CO)C(C)C. The van der Waals surface area contributed by atoms with Crippen LogP contribution in [0.3, 0.4) is 0 Å². The molecule has 0 saturated carbocycles. The van der Waals surface area contributed by atoms with Crippen LogP contribution in [0, 0.1) is 11.8 Å². The Morgan fingerprint density at radius 2 is 2.00 bits per heavy atom. The lowest BCUT2D eigenvalue weighted by Gasteiger charge is -2.20. The molecule has 0 fully saturated rings. The van der Waals surface area contributed by atoms with E-state index in [9.17, 15) is 15.0 Å². The van der Waals surface area contributed by atoms with Crippen molar-refractivity contribution in [2.75, 3.05) is 6.61 Å². The maximum Gasteiger partial charge on any atom is 0.145 e. The number of hydrogen-bond donors (Lipinski definition) is 2. The Kier molecular flexibility index (Phi) is 7.80. The lowest BCUT2D eigenvalue weighted by Crippen LogP contribution is -2.21. The lowest BCUT2D eigenvalue weighted by molar-refractivity contribution is -0.104. The Morgan fingerprint density at radius 3 is 2.44 bits per heavy atom. The van der Waals surface area contributed by atoms with Crippen molar-refractivity contribution in [3.8, 4) is 0 Å². The summed E-state index contributed by atoms with van der Waals surface area (Å²) in [4.78, 5) is 10.4. The van der Waals surface area contributed by atoms with E-state index >= 15 is 0 Å². The van der Waals surface area contributed by atoms with Crippen LogP contribution < -0.4 is 0 Å².